The number of hydrogen-bond acceptors (Lipinski definition) is 4. The Hall–Kier alpha value is -5.55. The second kappa shape index (κ2) is 13.4. The third-order valence-electron chi connectivity index (χ3n) is 11.3. The van der Waals surface area contributed by atoms with Crippen molar-refractivity contribution >= 4 is 71.7 Å². The molecule has 0 radical (unpaired) electrons. The first-order chi connectivity index (χ1) is 26.5. The number of nitrogens with zero attached hydrogens (tertiary/aromatic N) is 2. The summed E-state index contributed by atoms with van der Waals surface area (Å²) >= 11 is 3.85. The molecule has 2 unspecified atom stereocenters. The van der Waals surface area contributed by atoms with E-state index in [9.17, 15) is 0 Å². The Morgan fingerprint density at radius 1 is 0.537 bits per heavy atom. The fourth-order valence-corrected chi connectivity index (χ4v) is 11.6. The second-order valence-corrected chi connectivity index (χ2v) is 17.0. The summed E-state index contributed by atoms with van der Waals surface area (Å²) in [6, 6.07) is 64.4. The molecule has 0 fully saturated rings. The van der Waals surface area contributed by atoms with Gasteiger partial charge in [0.15, 0.2) is 0 Å². The van der Waals surface area contributed by atoms with Crippen LogP contribution >= 0.6 is 23.1 Å². The SMILES string of the molecule is CC1CC(N(c2ccccc2)c2ccc(-c3ccc(N(c4ccccc4)c4cccc5c4sc4ccccc45)cc3)cc2)=C2Sc3ccccc3C2(C)C1. The van der Waals surface area contributed by atoms with E-state index in [1.165, 1.54) is 75.8 Å². The average molecular weight is 733 g/mol. The fourth-order valence-electron chi connectivity index (χ4n) is 8.88. The van der Waals surface area contributed by atoms with Gasteiger partial charge in [0.1, 0.15) is 0 Å². The quantitative estimate of drug-likeness (QED) is 0.161. The molecular formula is C50H40N2S2. The van der Waals surface area contributed by atoms with Crippen molar-refractivity contribution in [3.63, 3.8) is 0 Å². The van der Waals surface area contributed by atoms with Crippen molar-refractivity contribution < 1.29 is 0 Å². The summed E-state index contributed by atoms with van der Waals surface area (Å²) in [7, 11) is 0. The molecule has 1 aromatic heterocycles. The third-order valence-corrected chi connectivity index (χ3v) is 13.9. The predicted octanol–water partition coefficient (Wildman–Crippen LogP) is 15.0. The summed E-state index contributed by atoms with van der Waals surface area (Å²) in [5.41, 5.74) is 11.2. The Balaban J connectivity index is 1.02. The number of para-hydroxylation sites is 2. The van der Waals surface area contributed by atoms with Gasteiger partial charge in [-0.2, -0.15) is 0 Å². The highest BCUT2D eigenvalue weighted by molar-refractivity contribution is 8.03. The van der Waals surface area contributed by atoms with E-state index in [-0.39, 0.29) is 5.41 Å². The van der Waals surface area contributed by atoms with Crippen molar-refractivity contribution in [3.05, 3.63) is 192 Å². The van der Waals surface area contributed by atoms with Crippen LogP contribution < -0.4 is 9.80 Å². The van der Waals surface area contributed by atoms with Crippen LogP contribution in [0, 0.1) is 5.92 Å². The van der Waals surface area contributed by atoms with Crippen LogP contribution in [0.25, 0.3) is 31.3 Å². The minimum absolute atomic E-state index is 0.0269. The summed E-state index contributed by atoms with van der Waals surface area (Å²) in [6.07, 6.45) is 2.23. The van der Waals surface area contributed by atoms with Crippen LogP contribution in [0.15, 0.2) is 191 Å². The summed E-state index contributed by atoms with van der Waals surface area (Å²) in [6.45, 7) is 4.89. The molecule has 1 aliphatic carbocycles. The van der Waals surface area contributed by atoms with Crippen LogP contribution in [0.3, 0.4) is 0 Å². The highest BCUT2D eigenvalue weighted by Crippen LogP contribution is 2.60. The van der Waals surface area contributed by atoms with Crippen molar-refractivity contribution in [3.8, 4) is 11.1 Å². The van der Waals surface area contributed by atoms with Crippen molar-refractivity contribution in [2.45, 2.75) is 37.0 Å². The highest BCUT2D eigenvalue weighted by atomic mass is 32.2. The lowest BCUT2D eigenvalue weighted by molar-refractivity contribution is 0.377. The third kappa shape index (κ3) is 5.55. The van der Waals surface area contributed by atoms with E-state index in [1.807, 2.05) is 23.1 Å². The number of thioether (sulfide) groups is 1. The maximum atomic E-state index is 2.53. The molecule has 2 aliphatic rings. The van der Waals surface area contributed by atoms with Crippen LogP contribution in [-0.2, 0) is 5.41 Å². The van der Waals surface area contributed by atoms with Crippen molar-refractivity contribution in [2.24, 2.45) is 5.92 Å². The zero-order valence-corrected chi connectivity index (χ0v) is 32.1. The van der Waals surface area contributed by atoms with Crippen molar-refractivity contribution in [1.29, 1.82) is 0 Å². The van der Waals surface area contributed by atoms with E-state index < -0.39 is 0 Å². The first-order valence-electron chi connectivity index (χ1n) is 18.9. The molecule has 0 amide bonds. The molecule has 2 heterocycles. The molecule has 10 rings (SSSR count). The molecule has 7 aromatic carbocycles. The van der Waals surface area contributed by atoms with Gasteiger partial charge in [0.2, 0.25) is 0 Å². The minimum atomic E-state index is 0.0269. The largest absolute Gasteiger partial charge is 0.313 e. The van der Waals surface area contributed by atoms with Gasteiger partial charge >= 0.3 is 0 Å². The van der Waals surface area contributed by atoms with E-state index in [1.54, 1.807) is 0 Å². The molecule has 4 heteroatoms. The molecule has 1 aliphatic heterocycles. The number of allylic oxidation sites excluding steroid dienone is 2. The standard InChI is InChI=1S/C50H40N2S2/c1-34-32-45(49-50(2,33-34)43-20-10-12-23-47(43)54-49)52(38-16-7-4-8-17-38)40-30-26-36(27-31-40)35-24-28-39(29-25-35)51(37-14-5-3-6-15-37)44-21-13-19-42-41-18-9-11-22-46(41)53-48(42)44/h3-31,34H,32-33H2,1-2H3. The monoisotopic (exact) mass is 732 g/mol. The molecule has 0 spiro atoms. The first-order valence-corrected chi connectivity index (χ1v) is 20.5. The summed E-state index contributed by atoms with van der Waals surface area (Å²) in [5, 5.41) is 2.61. The number of fused-ring (bicyclic) bond motifs is 6. The van der Waals surface area contributed by atoms with Gasteiger partial charge in [0.25, 0.3) is 0 Å². The molecule has 0 saturated heterocycles. The average Bonchev–Trinajstić information content (AvgIpc) is 3.75. The molecular weight excluding hydrogens is 693 g/mol. The van der Waals surface area contributed by atoms with E-state index >= 15 is 0 Å². The Bertz CT molecular complexity index is 2660. The van der Waals surface area contributed by atoms with Crippen LogP contribution in [-0.4, -0.2) is 0 Å². The molecule has 2 nitrogen and oxygen atoms in total. The van der Waals surface area contributed by atoms with E-state index in [0.29, 0.717) is 5.92 Å². The maximum absolute atomic E-state index is 2.53. The number of anilines is 5. The number of benzene rings is 7. The number of thiophene rings is 1. The Labute approximate surface area is 326 Å². The Kier molecular flexibility index (Phi) is 8.19. The minimum Gasteiger partial charge on any atom is -0.313 e. The molecule has 0 bridgehead atoms. The second-order valence-electron chi connectivity index (χ2n) is 14.9. The molecule has 2 atom stereocenters. The summed E-state index contributed by atoms with van der Waals surface area (Å²) < 4.78 is 2.61. The van der Waals surface area contributed by atoms with Gasteiger partial charge in [0, 0.05) is 59.1 Å². The lowest BCUT2D eigenvalue weighted by atomic mass is 9.70. The molecule has 54 heavy (non-hydrogen) atoms. The van der Waals surface area contributed by atoms with Gasteiger partial charge < -0.3 is 9.80 Å². The summed E-state index contributed by atoms with van der Waals surface area (Å²) in [4.78, 5) is 7.83. The molecule has 8 aromatic rings. The molecule has 262 valence electrons. The highest BCUT2D eigenvalue weighted by Gasteiger charge is 2.46. The lowest BCUT2D eigenvalue weighted by Gasteiger charge is -2.41. The normalized spacial score (nSPS) is 17.8. The van der Waals surface area contributed by atoms with Gasteiger partial charge in [-0.15, -0.1) is 11.3 Å². The number of rotatable bonds is 7. The van der Waals surface area contributed by atoms with Crippen molar-refractivity contribution in [2.75, 3.05) is 9.80 Å². The zero-order chi connectivity index (χ0) is 36.2. The zero-order valence-electron chi connectivity index (χ0n) is 30.4. The predicted molar refractivity (Wildman–Crippen MR) is 233 cm³/mol. The Morgan fingerprint density at radius 3 is 1.80 bits per heavy atom. The Morgan fingerprint density at radius 2 is 1.09 bits per heavy atom. The van der Waals surface area contributed by atoms with E-state index in [4.69, 9.17) is 0 Å². The van der Waals surface area contributed by atoms with Crippen LogP contribution in [0.2, 0.25) is 0 Å². The molecule has 0 saturated carbocycles. The van der Waals surface area contributed by atoms with Gasteiger partial charge in [-0.25, -0.2) is 0 Å². The topological polar surface area (TPSA) is 6.48 Å². The van der Waals surface area contributed by atoms with Gasteiger partial charge in [-0.3, -0.25) is 0 Å². The summed E-state index contributed by atoms with van der Waals surface area (Å²) in [5.74, 6) is 0.575. The van der Waals surface area contributed by atoms with Crippen LogP contribution in [0.1, 0.15) is 32.3 Å². The first kappa shape index (κ1) is 33.1. The number of hydrogen-bond donors (Lipinski definition) is 0. The van der Waals surface area contributed by atoms with Crippen molar-refractivity contribution in [1.82, 2.24) is 0 Å². The van der Waals surface area contributed by atoms with Gasteiger partial charge in [-0.05, 0) is 102 Å². The van der Waals surface area contributed by atoms with Crippen LogP contribution in [0.4, 0.5) is 28.4 Å². The van der Waals surface area contributed by atoms with Crippen LogP contribution in [0.5, 0.6) is 0 Å². The van der Waals surface area contributed by atoms with Gasteiger partial charge in [-0.1, -0.05) is 135 Å². The lowest BCUT2D eigenvalue weighted by Crippen LogP contribution is -2.33. The fraction of sp³-hybridized carbons (Fsp3) is 0.120. The van der Waals surface area contributed by atoms with E-state index in [2.05, 4.69) is 200 Å². The smallest absolute Gasteiger partial charge is 0.0640 e. The van der Waals surface area contributed by atoms with E-state index in [0.717, 1.165) is 17.8 Å². The van der Waals surface area contributed by atoms with Gasteiger partial charge in [0.05, 0.1) is 10.4 Å². The molecule has 0 N–H and O–H groups in total. The maximum Gasteiger partial charge on any atom is 0.0640 e.